The van der Waals surface area contributed by atoms with Crippen LogP contribution in [0.25, 0.3) is 0 Å². The van der Waals surface area contributed by atoms with Crippen molar-refractivity contribution >= 4 is 15.9 Å². The van der Waals surface area contributed by atoms with Crippen LogP contribution in [0.2, 0.25) is 0 Å². The van der Waals surface area contributed by atoms with Gasteiger partial charge in [-0.2, -0.15) is 4.31 Å². The van der Waals surface area contributed by atoms with Gasteiger partial charge in [0.2, 0.25) is 10.0 Å². The van der Waals surface area contributed by atoms with E-state index in [-0.39, 0.29) is 16.8 Å². The maximum absolute atomic E-state index is 13.0. The van der Waals surface area contributed by atoms with Crippen molar-refractivity contribution in [1.82, 2.24) is 9.62 Å². The van der Waals surface area contributed by atoms with Crippen LogP contribution in [0.1, 0.15) is 64.8 Å². The maximum Gasteiger partial charge on any atom is 0.252 e. The quantitative estimate of drug-likeness (QED) is 0.813. The van der Waals surface area contributed by atoms with Crippen LogP contribution in [-0.2, 0) is 22.9 Å². The molecule has 1 atom stereocenters. The van der Waals surface area contributed by atoms with Crippen molar-refractivity contribution < 1.29 is 13.2 Å². The van der Waals surface area contributed by atoms with Gasteiger partial charge < -0.3 is 5.32 Å². The zero-order valence-corrected chi connectivity index (χ0v) is 17.9. The Kier molecular flexibility index (Phi) is 5.49. The van der Waals surface area contributed by atoms with E-state index in [1.54, 1.807) is 12.1 Å². The SMILES string of the molecule is Cc1ccc(S(=O)(=O)N2CCCC2)cc1C(=O)N[C@H](C)c1ccc2c(c1)CCC2. The maximum atomic E-state index is 13.0. The van der Waals surface area contributed by atoms with Gasteiger partial charge >= 0.3 is 0 Å². The fraction of sp³-hybridized carbons (Fsp3) is 0.435. The van der Waals surface area contributed by atoms with E-state index in [0.29, 0.717) is 18.7 Å². The van der Waals surface area contributed by atoms with Crippen LogP contribution in [0.3, 0.4) is 0 Å². The number of nitrogens with zero attached hydrogens (tertiary/aromatic N) is 1. The lowest BCUT2D eigenvalue weighted by molar-refractivity contribution is 0.0939. The predicted octanol–water partition coefficient (Wildman–Crippen LogP) is 3.76. The Balaban J connectivity index is 1.55. The highest BCUT2D eigenvalue weighted by molar-refractivity contribution is 7.89. The molecule has 0 unspecified atom stereocenters. The first-order chi connectivity index (χ1) is 13.9. The number of hydrogen-bond donors (Lipinski definition) is 1. The molecule has 0 aromatic heterocycles. The third kappa shape index (κ3) is 3.96. The zero-order valence-electron chi connectivity index (χ0n) is 17.1. The largest absolute Gasteiger partial charge is 0.346 e. The predicted molar refractivity (Wildman–Crippen MR) is 114 cm³/mol. The molecule has 4 rings (SSSR count). The first-order valence-electron chi connectivity index (χ1n) is 10.4. The smallest absolute Gasteiger partial charge is 0.252 e. The molecular formula is C23H28N2O3S. The van der Waals surface area contributed by atoms with E-state index in [9.17, 15) is 13.2 Å². The van der Waals surface area contributed by atoms with Crippen LogP contribution in [0.5, 0.6) is 0 Å². The minimum atomic E-state index is -3.55. The molecule has 1 N–H and O–H groups in total. The van der Waals surface area contributed by atoms with E-state index in [1.807, 2.05) is 13.8 Å². The Morgan fingerprint density at radius 2 is 1.72 bits per heavy atom. The summed E-state index contributed by atoms with van der Waals surface area (Å²) in [6.07, 6.45) is 5.19. The Morgan fingerprint density at radius 3 is 2.48 bits per heavy atom. The molecule has 1 aliphatic heterocycles. The standard InChI is InChI=1S/C23H28N2O3S/c1-16-8-11-21(29(27,28)25-12-3-4-13-25)15-22(16)23(26)24-17(2)19-10-9-18-6-5-7-20(18)14-19/h8-11,14-15,17H,3-7,12-13H2,1-2H3,(H,24,26)/t17-/m1/s1. The molecule has 1 fully saturated rings. The van der Waals surface area contributed by atoms with Crippen molar-refractivity contribution in [3.05, 3.63) is 64.2 Å². The van der Waals surface area contributed by atoms with Crippen LogP contribution in [0.4, 0.5) is 0 Å². The van der Waals surface area contributed by atoms with Crippen LogP contribution >= 0.6 is 0 Å². The third-order valence-electron chi connectivity index (χ3n) is 6.13. The highest BCUT2D eigenvalue weighted by atomic mass is 32.2. The van der Waals surface area contributed by atoms with Gasteiger partial charge in [-0.3, -0.25) is 4.79 Å². The number of carbonyl (C=O) groups is 1. The molecule has 29 heavy (non-hydrogen) atoms. The molecular weight excluding hydrogens is 384 g/mol. The van der Waals surface area contributed by atoms with Gasteiger partial charge in [0.25, 0.3) is 5.91 Å². The number of sulfonamides is 1. The monoisotopic (exact) mass is 412 g/mol. The van der Waals surface area contributed by atoms with Gasteiger partial charge in [0.05, 0.1) is 10.9 Å². The van der Waals surface area contributed by atoms with Gasteiger partial charge in [0, 0.05) is 18.7 Å². The number of rotatable bonds is 5. The summed E-state index contributed by atoms with van der Waals surface area (Å²) in [5, 5.41) is 3.05. The van der Waals surface area contributed by atoms with Gasteiger partial charge in [-0.25, -0.2) is 8.42 Å². The molecule has 0 saturated carbocycles. The van der Waals surface area contributed by atoms with Crippen molar-refractivity contribution in [2.24, 2.45) is 0 Å². The van der Waals surface area contributed by atoms with Gasteiger partial charge in [-0.15, -0.1) is 0 Å². The van der Waals surface area contributed by atoms with Crippen molar-refractivity contribution in [1.29, 1.82) is 0 Å². The number of nitrogens with one attached hydrogen (secondary N) is 1. The van der Waals surface area contributed by atoms with Crippen molar-refractivity contribution in [3.8, 4) is 0 Å². The zero-order chi connectivity index (χ0) is 20.6. The Labute approximate surface area is 173 Å². The second kappa shape index (κ2) is 7.92. The summed E-state index contributed by atoms with van der Waals surface area (Å²) in [5.74, 6) is -0.242. The summed E-state index contributed by atoms with van der Waals surface area (Å²) in [7, 11) is -3.55. The summed E-state index contributed by atoms with van der Waals surface area (Å²) in [5.41, 5.74) is 5.04. The Hall–Kier alpha value is -2.18. The minimum Gasteiger partial charge on any atom is -0.346 e. The first kappa shape index (κ1) is 20.1. The molecule has 1 heterocycles. The lowest BCUT2D eigenvalue weighted by atomic mass is 10.0. The lowest BCUT2D eigenvalue weighted by Crippen LogP contribution is -2.29. The van der Waals surface area contributed by atoms with E-state index >= 15 is 0 Å². The second-order valence-corrected chi connectivity index (χ2v) is 10.1. The van der Waals surface area contributed by atoms with E-state index in [1.165, 1.54) is 27.9 Å². The topological polar surface area (TPSA) is 66.5 Å². The molecule has 6 heteroatoms. The molecule has 1 amide bonds. The van der Waals surface area contributed by atoms with Gasteiger partial charge in [0.15, 0.2) is 0 Å². The number of benzene rings is 2. The molecule has 2 aromatic rings. The molecule has 0 bridgehead atoms. The second-order valence-electron chi connectivity index (χ2n) is 8.16. The van der Waals surface area contributed by atoms with E-state index in [2.05, 4.69) is 23.5 Å². The molecule has 0 radical (unpaired) electrons. The molecule has 2 aliphatic rings. The van der Waals surface area contributed by atoms with Crippen molar-refractivity contribution in [2.75, 3.05) is 13.1 Å². The van der Waals surface area contributed by atoms with E-state index in [4.69, 9.17) is 0 Å². The molecule has 5 nitrogen and oxygen atoms in total. The average Bonchev–Trinajstić information content (AvgIpc) is 3.39. The van der Waals surface area contributed by atoms with Gasteiger partial charge in [0.1, 0.15) is 0 Å². The van der Waals surface area contributed by atoms with E-state index < -0.39 is 10.0 Å². The fourth-order valence-corrected chi connectivity index (χ4v) is 5.85. The molecule has 154 valence electrons. The van der Waals surface area contributed by atoms with E-state index in [0.717, 1.165) is 36.8 Å². The first-order valence-corrected chi connectivity index (χ1v) is 11.8. The van der Waals surface area contributed by atoms with Crippen LogP contribution in [0, 0.1) is 6.92 Å². The summed E-state index contributed by atoms with van der Waals surface area (Å²) in [4.78, 5) is 13.2. The molecule has 1 saturated heterocycles. The highest BCUT2D eigenvalue weighted by Gasteiger charge is 2.28. The van der Waals surface area contributed by atoms with Gasteiger partial charge in [-0.05, 0) is 80.3 Å². The number of fused-ring (bicyclic) bond motifs is 1. The average molecular weight is 413 g/mol. The summed E-state index contributed by atoms with van der Waals surface area (Å²) in [6.45, 7) is 4.90. The minimum absolute atomic E-state index is 0.147. The van der Waals surface area contributed by atoms with Crippen molar-refractivity contribution in [3.63, 3.8) is 0 Å². The fourth-order valence-electron chi connectivity index (χ4n) is 4.30. The highest BCUT2D eigenvalue weighted by Crippen LogP contribution is 2.26. The molecule has 0 spiro atoms. The summed E-state index contributed by atoms with van der Waals surface area (Å²) >= 11 is 0. The van der Waals surface area contributed by atoms with Crippen LogP contribution in [-0.4, -0.2) is 31.7 Å². The third-order valence-corrected chi connectivity index (χ3v) is 8.02. The molecule has 1 aliphatic carbocycles. The number of amides is 1. The summed E-state index contributed by atoms with van der Waals surface area (Å²) < 4.78 is 27.2. The molecule has 2 aromatic carbocycles. The van der Waals surface area contributed by atoms with Crippen LogP contribution in [0.15, 0.2) is 41.3 Å². The Morgan fingerprint density at radius 1 is 1.00 bits per heavy atom. The van der Waals surface area contributed by atoms with Crippen LogP contribution < -0.4 is 5.32 Å². The van der Waals surface area contributed by atoms with Crippen molar-refractivity contribution in [2.45, 2.75) is 56.9 Å². The lowest BCUT2D eigenvalue weighted by Gasteiger charge is -2.19. The Bertz CT molecular complexity index is 1040. The summed E-state index contributed by atoms with van der Waals surface area (Å²) in [6, 6.07) is 11.1. The number of carbonyl (C=O) groups excluding carboxylic acids is 1. The number of aryl methyl sites for hydroxylation is 3. The number of hydrogen-bond acceptors (Lipinski definition) is 3. The van der Waals surface area contributed by atoms with Gasteiger partial charge in [-0.1, -0.05) is 24.3 Å². The normalized spacial score (nSPS) is 17.9.